The van der Waals surface area contributed by atoms with Crippen molar-refractivity contribution < 1.29 is 14.3 Å². The van der Waals surface area contributed by atoms with Gasteiger partial charge in [0.2, 0.25) is 0 Å². The Morgan fingerprint density at radius 3 is 2.33 bits per heavy atom. The molecule has 110 valence electrons. The Balaban J connectivity index is 2.25. The van der Waals surface area contributed by atoms with Crippen molar-refractivity contribution in [1.29, 1.82) is 0 Å². The van der Waals surface area contributed by atoms with E-state index in [0.29, 0.717) is 5.69 Å². The summed E-state index contributed by atoms with van der Waals surface area (Å²) >= 11 is 0. The van der Waals surface area contributed by atoms with Crippen LogP contribution in [0.15, 0.2) is 36.7 Å². The van der Waals surface area contributed by atoms with Gasteiger partial charge < -0.3 is 9.47 Å². The van der Waals surface area contributed by atoms with Crippen LogP contribution < -0.4 is 4.74 Å². The normalized spacial score (nSPS) is 11.0. The van der Waals surface area contributed by atoms with Crippen molar-refractivity contribution in [3.63, 3.8) is 0 Å². The molecule has 5 heteroatoms. The zero-order valence-electron chi connectivity index (χ0n) is 12.6. The van der Waals surface area contributed by atoms with E-state index in [4.69, 9.17) is 4.74 Å². The van der Waals surface area contributed by atoms with Gasteiger partial charge in [-0.15, -0.1) is 0 Å². The highest BCUT2D eigenvalue weighted by atomic mass is 16.5. The van der Waals surface area contributed by atoms with Gasteiger partial charge in [0.1, 0.15) is 11.4 Å². The van der Waals surface area contributed by atoms with Gasteiger partial charge in [0.05, 0.1) is 25.2 Å². The SMILES string of the molecule is COC(=O)c1cncc(-c2ccc(OC(C)(C)C)cc2)n1. The Bertz CT molecular complexity index is 631. The average Bonchev–Trinajstić information content (AvgIpc) is 2.45. The van der Waals surface area contributed by atoms with Gasteiger partial charge >= 0.3 is 5.97 Å². The third-order valence-electron chi connectivity index (χ3n) is 2.60. The van der Waals surface area contributed by atoms with Crippen LogP contribution in [0.5, 0.6) is 5.75 Å². The molecule has 0 radical (unpaired) electrons. The van der Waals surface area contributed by atoms with Gasteiger partial charge in [-0.3, -0.25) is 4.98 Å². The molecule has 0 N–H and O–H groups in total. The predicted octanol–water partition coefficient (Wildman–Crippen LogP) is 3.11. The molecule has 0 aliphatic carbocycles. The number of rotatable bonds is 3. The van der Waals surface area contributed by atoms with Crippen LogP contribution >= 0.6 is 0 Å². The van der Waals surface area contributed by atoms with E-state index < -0.39 is 5.97 Å². The third-order valence-corrected chi connectivity index (χ3v) is 2.60. The molecular formula is C16H18N2O3. The maximum Gasteiger partial charge on any atom is 0.358 e. The third kappa shape index (κ3) is 4.02. The highest BCUT2D eigenvalue weighted by Crippen LogP contribution is 2.23. The van der Waals surface area contributed by atoms with Crippen LogP contribution in [-0.2, 0) is 4.74 Å². The first kappa shape index (κ1) is 15.0. The van der Waals surface area contributed by atoms with Crippen LogP contribution in [-0.4, -0.2) is 28.6 Å². The molecule has 0 saturated carbocycles. The minimum Gasteiger partial charge on any atom is -0.488 e. The minimum absolute atomic E-state index is 0.185. The van der Waals surface area contributed by atoms with E-state index in [2.05, 4.69) is 14.7 Å². The fourth-order valence-corrected chi connectivity index (χ4v) is 1.76. The Kier molecular flexibility index (Phi) is 4.21. The lowest BCUT2D eigenvalue weighted by atomic mass is 10.1. The molecule has 21 heavy (non-hydrogen) atoms. The van der Waals surface area contributed by atoms with Gasteiger partial charge in [0.15, 0.2) is 5.69 Å². The molecule has 1 heterocycles. The molecule has 2 rings (SSSR count). The van der Waals surface area contributed by atoms with Crippen molar-refractivity contribution in [1.82, 2.24) is 9.97 Å². The van der Waals surface area contributed by atoms with Crippen molar-refractivity contribution in [2.24, 2.45) is 0 Å². The van der Waals surface area contributed by atoms with E-state index >= 15 is 0 Å². The molecule has 2 aromatic rings. The molecule has 0 unspecified atom stereocenters. The summed E-state index contributed by atoms with van der Waals surface area (Å²) in [7, 11) is 1.31. The fraction of sp³-hybridized carbons (Fsp3) is 0.312. The summed E-state index contributed by atoms with van der Waals surface area (Å²) in [5.41, 5.74) is 1.41. The van der Waals surface area contributed by atoms with E-state index in [0.717, 1.165) is 11.3 Å². The van der Waals surface area contributed by atoms with Crippen LogP contribution in [0.1, 0.15) is 31.3 Å². The molecule has 0 aliphatic heterocycles. The number of ether oxygens (including phenoxy) is 2. The number of nitrogens with zero attached hydrogens (tertiary/aromatic N) is 2. The standard InChI is InChI=1S/C16H18N2O3/c1-16(2,3)21-12-7-5-11(6-8-12)13-9-17-10-14(18-13)15(19)20-4/h5-10H,1-4H3. The van der Waals surface area contributed by atoms with Gasteiger partial charge in [-0.1, -0.05) is 0 Å². The maximum atomic E-state index is 11.5. The van der Waals surface area contributed by atoms with Crippen molar-refractivity contribution >= 4 is 5.97 Å². The summed E-state index contributed by atoms with van der Waals surface area (Å²) in [6, 6.07) is 7.50. The molecule has 1 aromatic carbocycles. The van der Waals surface area contributed by atoms with Crippen LogP contribution in [0.25, 0.3) is 11.3 Å². The Labute approximate surface area is 124 Å². The number of hydrogen-bond acceptors (Lipinski definition) is 5. The summed E-state index contributed by atoms with van der Waals surface area (Å²) in [5, 5.41) is 0. The Hall–Kier alpha value is -2.43. The molecular weight excluding hydrogens is 268 g/mol. The smallest absolute Gasteiger partial charge is 0.358 e. The molecule has 0 atom stereocenters. The van der Waals surface area contributed by atoms with Crippen LogP contribution in [0.3, 0.4) is 0 Å². The fourth-order valence-electron chi connectivity index (χ4n) is 1.76. The van der Waals surface area contributed by atoms with E-state index in [1.54, 1.807) is 6.20 Å². The molecule has 1 aromatic heterocycles. The molecule has 5 nitrogen and oxygen atoms in total. The van der Waals surface area contributed by atoms with Gasteiger partial charge in [-0.2, -0.15) is 0 Å². The van der Waals surface area contributed by atoms with Gasteiger partial charge in [-0.05, 0) is 45.0 Å². The summed E-state index contributed by atoms with van der Waals surface area (Å²) in [4.78, 5) is 19.7. The number of hydrogen-bond donors (Lipinski definition) is 0. The van der Waals surface area contributed by atoms with Crippen molar-refractivity contribution in [3.05, 3.63) is 42.4 Å². The maximum absolute atomic E-state index is 11.5. The second-order valence-electron chi connectivity index (χ2n) is 5.52. The van der Waals surface area contributed by atoms with E-state index in [9.17, 15) is 4.79 Å². The number of benzene rings is 1. The molecule has 0 saturated heterocycles. The lowest BCUT2D eigenvalue weighted by Gasteiger charge is -2.21. The quantitative estimate of drug-likeness (QED) is 0.811. The Morgan fingerprint density at radius 1 is 1.10 bits per heavy atom. The molecule has 0 amide bonds. The molecule has 0 bridgehead atoms. The lowest BCUT2D eigenvalue weighted by molar-refractivity contribution is 0.0593. The first-order valence-corrected chi connectivity index (χ1v) is 6.59. The van der Waals surface area contributed by atoms with Crippen molar-refractivity contribution in [2.75, 3.05) is 7.11 Å². The molecule has 0 spiro atoms. The monoisotopic (exact) mass is 286 g/mol. The van der Waals surface area contributed by atoms with Crippen molar-refractivity contribution in [2.45, 2.75) is 26.4 Å². The number of methoxy groups -OCH3 is 1. The highest BCUT2D eigenvalue weighted by Gasteiger charge is 2.12. The first-order valence-electron chi connectivity index (χ1n) is 6.59. The highest BCUT2D eigenvalue weighted by molar-refractivity contribution is 5.87. The number of aromatic nitrogens is 2. The lowest BCUT2D eigenvalue weighted by Crippen LogP contribution is -2.22. The molecule has 0 fully saturated rings. The second kappa shape index (κ2) is 5.91. The first-order chi connectivity index (χ1) is 9.89. The number of carbonyl (C=O) groups is 1. The zero-order chi connectivity index (χ0) is 15.5. The number of esters is 1. The van der Waals surface area contributed by atoms with Gasteiger partial charge in [0.25, 0.3) is 0 Å². The second-order valence-corrected chi connectivity index (χ2v) is 5.52. The summed E-state index contributed by atoms with van der Waals surface area (Å²) in [5.74, 6) is 0.278. The van der Waals surface area contributed by atoms with Gasteiger partial charge in [-0.25, -0.2) is 9.78 Å². The zero-order valence-corrected chi connectivity index (χ0v) is 12.6. The van der Waals surface area contributed by atoms with E-state index in [1.165, 1.54) is 13.3 Å². The topological polar surface area (TPSA) is 61.3 Å². The van der Waals surface area contributed by atoms with E-state index in [1.807, 2.05) is 45.0 Å². The largest absolute Gasteiger partial charge is 0.488 e. The summed E-state index contributed by atoms with van der Waals surface area (Å²) < 4.78 is 10.4. The van der Waals surface area contributed by atoms with Gasteiger partial charge in [0, 0.05) is 5.56 Å². The average molecular weight is 286 g/mol. The summed E-state index contributed by atoms with van der Waals surface area (Å²) in [6.07, 6.45) is 2.98. The number of carbonyl (C=O) groups excluding carboxylic acids is 1. The van der Waals surface area contributed by atoms with Crippen molar-refractivity contribution in [3.8, 4) is 17.0 Å². The van der Waals surface area contributed by atoms with Crippen LogP contribution in [0.4, 0.5) is 0 Å². The minimum atomic E-state index is -0.503. The van der Waals surface area contributed by atoms with E-state index in [-0.39, 0.29) is 11.3 Å². The van der Waals surface area contributed by atoms with Crippen LogP contribution in [0.2, 0.25) is 0 Å². The Morgan fingerprint density at radius 2 is 1.76 bits per heavy atom. The van der Waals surface area contributed by atoms with Crippen LogP contribution in [0, 0.1) is 0 Å². The predicted molar refractivity (Wildman–Crippen MR) is 79.2 cm³/mol. The molecule has 0 aliphatic rings. The summed E-state index contributed by atoms with van der Waals surface area (Å²) in [6.45, 7) is 5.98.